The van der Waals surface area contributed by atoms with Crippen LogP contribution >= 0.6 is 27.3 Å². The summed E-state index contributed by atoms with van der Waals surface area (Å²) in [5, 5.41) is 2.65. The van der Waals surface area contributed by atoms with Gasteiger partial charge in [-0.2, -0.15) is 13.2 Å². The highest BCUT2D eigenvalue weighted by Gasteiger charge is 2.34. The van der Waals surface area contributed by atoms with E-state index in [9.17, 15) is 22.4 Å². The van der Waals surface area contributed by atoms with E-state index in [0.29, 0.717) is 15.8 Å². The summed E-state index contributed by atoms with van der Waals surface area (Å²) < 4.78 is 51.0. The van der Waals surface area contributed by atoms with Gasteiger partial charge in [-0.3, -0.25) is 10.1 Å². The number of alkyl halides is 3. The number of anilines is 1. The van der Waals surface area contributed by atoms with Crippen molar-refractivity contribution >= 4 is 38.3 Å². The van der Waals surface area contributed by atoms with Crippen LogP contribution in [0.5, 0.6) is 0 Å². The molecule has 0 aliphatic heterocycles. The van der Waals surface area contributed by atoms with Crippen LogP contribution in [0.1, 0.15) is 16.1 Å². The Bertz CT molecular complexity index is 656. The molecule has 1 amide bonds. The van der Waals surface area contributed by atoms with Crippen molar-refractivity contribution in [1.82, 2.24) is 4.98 Å². The normalized spacial score (nSPS) is 11.4. The Morgan fingerprint density at radius 3 is 2.60 bits per heavy atom. The van der Waals surface area contributed by atoms with Crippen LogP contribution in [0, 0.1) is 5.82 Å². The largest absolute Gasteiger partial charge is 0.434 e. The van der Waals surface area contributed by atoms with Gasteiger partial charge in [-0.25, -0.2) is 9.37 Å². The van der Waals surface area contributed by atoms with Crippen LogP contribution in [0.25, 0.3) is 0 Å². The number of nitrogens with zero attached hydrogens (tertiary/aromatic N) is 1. The van der Waals surface area contributed by atoms with Gasteiger partial charge in [0.05, 0.1) is 5.56 Å². The number of benzene rings is 1. The van der Waals surface area contributed by atoms with Gasteiger partial charge >= 0.3 is 6.18 Å². The Hall–Kier alpha value is -1.48. The lowest BCUT2D eigenvalue weighted by atomic mass is 10.2. The van der Waals surface area contributed by atoms with E-state index in [-0.39, 0.29) is 10.7 Å². The van der Waals surface area contributed by atoms with Crippen LogP contribution in [-0.4, -0.2) is 10.9 Å². The first-order valence-electron chi connectivity index (χ1n) is 5.06. The Labute approximate surface area is 122 Å². The molecule has 0 unspecified atom stereocenters. The fourth-order valence-corrected chi connectivity index (χ4v) is 2.34. The number of thiazole rings is 1. The van der Waals surface area contributed by atoms with Crippen molar-refractivity contribution in [1.29, 1.82) is 0 Å². The van der Waals surface area contributed by atoms with Crippen LogP contribution in [-0.2, 0) is 6.18 Å². The molecule has 1 aromatic carbocycles. The maximum Gasteiger partial charge on any atom is 0.434 e. The summed E-state index contributed by atoms with van der Waals surface area (Å²) in [6, 6.07) is 3.74. The summed E-state index contributed by atoms with van der Waals surface area (Å²) in [6.07, 6.45) is -4.58. The second-order valence-electron chi connectivity index (χ2n) is 3.61. The van der Waals surface area contributed by atoms with Crippen molar-refractivity contribution in [2.75, 3.05) is 5.32 Å². The van der Waals surface area contributed by atoms with Crippen LogP contribution in [0.4, 0.5) is 22.7 Å². The number of hydrogen-bond donors (Lipinski definition) is 1. The number of amides is 1. The molecule has 1 aromatic heterocycles. The second kappa shape index (κ2) is 5.49. The summed E-state index contributed by atoms with van der Waals surface area (Å²) in [5.41, 5.74) is -1.38. The molecule has 9 heteroatoms. The molecule has 2 rings (SSSR count). The first-order chi connectivity index (χ1) is 9.27. The zero-order valence-corrected chi connectivity index (χ0v) is 11.9. The number of carbonyl (C=O) groups excluding carboxylic acids is 1. The molecular formula is C11H5BrF4N2OS. The third-order valence-corrected chi connectivity index (χ3v) is 3.44. The van der Waals surface area contributed by atoms with Crippen LogP contribution < -0.4 is 5.32 Å². The molecule has 0 radical (unpaired) electrons. The zero-order chi connectivity index (χ0) is 14.9. The average Bonchev–Trinajstić information content (AvgIpc) is 2.76. The summed E-state index contributed by atoms with van der Waals surface area (Å²) in [7, 11) is 0. The van der Waals surface area contributed by atoms with Crippen molar-refractivity contribution in [2.24, 2.45) is 0 Å². The fraction of sp³-hybridized carbons (Fsp3) is 0.0909. The van der Waals surface area contributed by atoms with Crippen molar-refractivity contribution in [2.45, 2.75) is 6.18 Å². The fourth-order valence-electron chi connectivity index (χ4n) is 1.30. The predicted molar refractivity (Wildman–Crippen MR) is 69.2 cm³/mol. The lowest BCUT2D eigenvalue weighted by Gasteiger charge is -2.04. The van der Waals surface area contributed by atoms with Crippen molar-refractivity contribution < 1.29 is 22.4 Å². The van der Waals surface area contributed by atoms with E-state index in [4.69, 9.17) is 0 Å². The van der Waals surface area contributed by atoms with Crippen molar-refractivity contribution in [3.05, 3.63) is 45.1 Å². The van der Waals surface area contributed by atoms with E-state index >= 15 is 0 Å². The minimum Gasteiger partial charge on any atom is -0.298 e. The Kier molecular flexibility index (Phi) is 4.09. The highest BCUT2D eigenvalue weighted by Crippen LogP contribution is 2.31. The molecular weight excluding hydrogens is 364 g/mol. The van der Waals surface area contributed by atoms with Gasteiger partial charge in [0.25, 0.3) is 5.91 Å². The summed E-state index contributed by atoms with van der Waals surface area (Å²) in [5.74, 6) is -1.65. The first-order valence-corrected chi connectivity index (χ1v) is 6.74. The van der Waals surface area contributed by atoms with E-state index in [1.807, 2.05) is 0 Å². The molecule has 1 N–H and O–H groups in total. The molecule has 20 heavy (non-hydrogen) atoms. The van der Waals surface area contributed by atoms with E-state index in [1.54, 1.807) is 0 Å². The molecule has 0 aliphatic rings. The number of halogens is 5. The molecule has 0 saturated carbocycles. The smallest absolute Gasteiger partial charge is 0.298 e. The number of carbonyl (C=O) groups is 1. The van der Waals surface area contributed by atoms with Gasteiger partial charge in [0.1, 0.15) is 5.82 Å². The number of nitrogens with one attached hydrogen (secondary N) is 1. The van der Waals surface area contributed by atoms with Crippen molar-refractivity contribution in [3.63, 3.8) is 0 Å². The third-order valence-electron chi connectivity index (χ3n) is 2.19. The molecule has 0 fully saturated rings. The Morgan fingerprint density at radius 2 is 2.05 bits per heavy atom. The minimum atomic E-state index is -4.58. The average molecular weight is 369 g/mol. The topological polar surface area (TPSA) is 42.0 Å². The lowest BCUT2D eigenvalue weighted by molar-refractivity contribution is -0.140. The van der Waals surface area contributed by atoms with Gasteiger partial charge in [0.15, 0.2) is 10.8 Å². The summed E-state index contributed by atoms with van der Waals surface area (Å²) >= 11 is 3.64. The monoisotopic (exact) mass is 368 g/mol. The molecule has 3 nitrogen and oxygen atoms in total. The van der Waals surface area contributed by atoms with Crippen LogP contribution in [0.15, 0.2) is 28.1 Å². The molecule has 0 aliphatic carbocycles. The molecule has 0 atom stereocenters. The van der Waals surface area contributed by atoms with Gasteiger partial charge in [-0.05, 0) is 18.2 Å². The lowest BCUT2D eigenvalue weighted by Crippen LogP contribution is -2.14. The Balaban J connectivity index is 2.17. The summed E-state index contributed by atoms with van der Waals surface area (Å²) in [6.45, 7) is 0. The van der Waals surface area contributed by atoms with Gasteiger partial charge in [0.2, 0.25) is 0 Å². The SMILES string of the molecule is O=C(Nc1nc(C(F)(F)F)cs1)c1ccc(Br)cc1F. The molecule has 0 bridgehead atoms. The molecule has 0 spiro atoms. The van der Waals surface area contributed by atoms with Crippen LogP contribution in [0.2, 0.25) is 0 Å². The first kappa shape index (κ1) is 14.9. The van der Waals surface area contributed by atoms with Gasteiger partial charge in [-0.1, -0.05) is 15.9 Å². The molecule has 1 heterocycles. The minimum absolute atomic E-state index is 0.246. The second-order valence-corrected chi connectivity index (χ2v) is 5.39. The van der Waals surface area contributed by atoms with E-state index in [1.165, 1.54) is 12.1 Å². The van der Waals surface area contributed by atoms with Crippen LogP contribution in [0.3, 0.4) is 0 Å². The standard InChI is InChI=1S/C11H5BrF4N2OS/c12-5-1-2-6(7(13)3-5)9(19)18-10-17-8(4-20-10)11(14,15)16/h1-4H,(H,17,18,19). The van der Waals surface area contributed by atoms with E-state index in [0.717, 1.165) is 11.4 Å². The van der Waals surface area contributed by atoms with Gasteiger partial charge < -0.3 is 0 Å². The predicted octanol–water partition coefficient (Wildman–Crippen LogP) is 4.32. The van der Waals surface area contributed by atoms with Gasteiger partial charge in [0, 0.05) is 9.85 Å². The summed E-state index contributed by atoms with van der Waals surface area (Å²) in [4.78, 5) is 14.9. The number of hydrogen-bond acceptors (Lipinski definition) is 3. The van der Waals surface area contributed by atoms with Crippen molar-refractivity contribution in [3.8, 4) is 0 Å². The maximum atomic E-state index is 13.5. The molecule has 0 saturated heterocycles. The van der Waals surface area contributed by atoms with E-state index in [2.05, 4.69) is 26.2 Å². The molecule has 2 aromatic rings. The highest BCUT2D eigenvalue weighted by molar-refractivity contribution is 9.10. The highest BCUT2D eigenvalue weighted by atomic mass is 79.9. The maximum absolute atomic E-state index is 13.5. The van der Waals surface area contributed by atoms with E-state index < -0.39 is 23.6 Å². The number of aromatic nitrogens is 1. The number of rotatable bonds is 2. The quantitative estimate of drug-likeness (QED) is 0.802. The zero-order valence-electron chi connectivity index (χ0n) is 9.46. The third kappa shape index (κ3) is 3.34. The molecule has 106 valence electrons. The van der Waals surface area contributed by atoms with Gasteiger partial charge in [-0.15, -0.1) is 11.3 Å². The Morgan fingerprint density at radius 1 is 1.35 bits per heavy atom.